The minimum atomic E-state index is -0.0139. The third-order valence-electron chi connectivity index (χ3n) is 5.27. The summed E-state index contributed by atoms with van der Waals surface area (Å²) in [6, 6.07) is 8.20. The van der Waals surface area contributed by atoms with E-state index in [1.54, 1.807) is 11.8 Å². The van der Waals surface area contributed by atoms with Crippen LogP contribution in [0.4, 0.5) is 11.4 Å². The number of hydrogen-bond donors (Lipinski definition) is 0. The molecular formula is C20H29N3O2. The SMILES string of the molecule is CC(=O)N(CCC(=O)N1CCCC1)c1ccc(N2CCCCC2)cc1. The summed E-state index contributed by atoms with van der Waals surface area (Å²) in [5.41, 5.74) is 2.10. The highest BCUT2D eigenvalue weighted by molar-refractivity contribution is 5.92. The zero-order valence-corrected chi connectivity index (χ0v) is 15.2. The van der Waals surface area contributed by atoms with E-state index in [9.17, 15) is 9.59 Å². The van der Waals surface area contributed by atoms with Crippen molar-refractivity contribution in [3.63, 3.8) is 0 Å². The second-order valence-electron chi connectivity index (χ2n) is 7.07. The van der Waals surface area contributed by atoms with Gasteiger partial charge in [0.25, 0.3) is 0 Å². The third kappa shape index (κ3) is 4.53. The molecule has 2 heterocycles. The summed E-state index contributed by atoms with van der Waals surface area (Å²) in [6.07, 6.45) is 6.41. The number of carbonyl (C=O) groups is 2. The molecule has 0 N–H and O–H groups in total. The fourth-order valence-electron chi connectivity index (χ4n) is 3.80. The van der Waals surface area contributed by atoms with E-state index in [2.05, 4.69) is 17.0 Å². The molecule has 2 amide bonds. The molecule has 1 aromatic carbocycles. The van der Waals surface area contributed by atoms with Crippen LogP contribution in [0, 0.1) is 0 Å². The molecule has 2 aliphatic heterocycles. The Morgan fingerprint density at radius 2 is 1.52 bits per heavy atom. The van der Waals surface area contributed by atoms with Crippen LogP contribution in [0.1, 0.15) is 45.4 Å². The van der Waals surface area contributed by atoms with Gasteiger partial charge in [0.1, 0.15) is 0 Å². The fourth-order valence-corrected chi connectivity index (χ4v) is 3.80. The number of rotatable bonds is 5. The van der Waals surface area contributed by atoms with E-state index < -0.39 is 0 Å². The number of likely N-dealkylation sites (tertiary alicyclic amines) is 1. The topological polar surface area (TPSA) is 43.9 Å². The zero-order valence-electron chi connectivity index (χ0n) is 15.2. The largest absolute Gasteiger partial charge is 0.372 e. The van der Waals surface area contributed by atoms with Gasteiger partial charge in [-0.2, -0.15) is 0 Å². The smallest absolute Gasteiger partial charge is 0.224 e. The summed E-state index contributed by atoms with van der Waals surface area (Å²) >= 11 is 0. The first-order valence-corrected chi connectivity index (χ1v) is 9.56. The molecule has 0 spiro atoms. The lowest BCUT2D eigenvalue weighted by atomic mass is 10.1. The van der Waals surface area contributed by atoms with E-state index in [0.29, 0.717) is 13.0 Å². The maximum Gasteiger partial charge on any atom is 0.224 e. The number of carbonyl (C=O) groups excluding carboxylic acids is 2. The Kier molecular flexibility index (Phi) is 5.95. The van der Waals surface area contributed by atoms with Gasteiger partial charge in [0.2, 0.25) is 11.8 Å². The Bertz CT molecular complexity index is 587. The summed E-state index contributed by atoms with van der Waals surface area (Å²) < 4.78 is 0. The van der Waals surface area contributed by atoms with E-state index in [0.717, 1.165) is 44.7 Å². The minimum absolute atomic E-state index is 0.0139. The van der Waals surface area contributed by atoms with E-state index in [1.165, 1.54) is 24.9 Å². The average Bonchev–Trinajstić information content (AvgIpc) is 3.17. The monoisotopic (exact) mass is 343 g/mol. The normalized spacial score (nSPS) is 17.6. The second kappa shape index (κ2) is 8.37. The maximum absolute atomic E-state index is 12.2. The van der Waals surface area contributed by atoms with Gasteiger partial charge in [-0.05, 0) is 56.4 Å². The van der Waals surface area contributed by atoms with Crippen molar-refractivity contribution < 1.29 is 9.59 Å². The van der Waals surface area contributed by atoms with Crippen molar-refractivity contribution in [2.75, 3.05) is 42.5 Å². The van der Waals surface area contributed by atoms with Crippen LogP contribution in [0.3, 0.4) is 0 Å². The predicted octanol–water partition coefficient (Wildman–Crippen LogP) is 3.04. The zero-order chi connectivity index (χ0) is 17.6. The number of hydrogen-bond acceptors (Lipinski definition) is 3. The molecule has 2 fully saturated rings. The van der Waals surface area contributed by atoms with Gasteiger partial charge in [-0.15, -0.1) is 0 Å². The molecule has 1 aromatic rings. The highest BCUT2D eigenvalue weighted by Crippen LogP contribution is 2.24. The lowest BCUT2D eigenvalue weighted by molar-refractivity contribution is -0.129. The van der Waals surface area contributed by atoms with Crippen LogP contribution >= 0.6 is 0 Å². The fraction of sp³-hybridized carbons (Fsp3) is 0.600. The first-order valence-electron chi connectivity index (χ1n) is 9.56. The summed E-state index contributed by atoms with van der Waals surface area (Å²) in [6.45, 7) is 5.97. The number of anilines is 2. The van der Waals surface area contributed by atoms with Gasteiger partial charge in [0, 0.05) is 57.4 Å². The molecule has 3 rings (SSSR count). The molecule has 0 bridgehead atoms. The first-order chi connectivity index (χ1) is 12.1. The summed E-state index contributed by atoms with van der Waals surface area (Å²) in [5, 5.41) is 0. The lowest BCUT2D eigenvalue weighted by Gasteiger charge is -2.29. The molecule has 0 radical (unpaired) electrons. The quantitative estimate of drug-likeness (QED) is 0.825. The Labute approximate surface area is 150 Å². The molecular weight excluding hydrogens is 314 g/mol. The third-order valence-corrected chi connectivity index (χ3v) is 5.27. The molecule has 5 heteroatoms. The molecule has 25 heavy (non-hydrogen) atoms. The van der Waals surface area contributed by atoms with Crippen molar-refractivity contribution in [1.29, 1.82) is 0 Å². The molecule has 2 saturated heterocycles. The van der Waals surface area contributed by atoms with Crippen molar-refractivity contribution in [1.82, 2.24) is 4.90 Å². The number of piperidine rings is 1. The summed E-state index contributed by atoms with van der Waals surface area (Å²) in [5.74, 6) is 0.147. The van der Waals surface area contributed by atoms with Crippen molar-refractivity contribution in [3.05, 3.63) is 24.3 Å². The van der Waals surface area contributed by atoms with E-state index in [-0.39, 0.29) is 11.8 Å². The van der Waals surface area contributed by atoms with Crippen LogP contribution in [0.2, 0.25) is 0 Å². The van der Waals surface area contributed by atoms with Crippen LogP contribution < -0.4 is 9.80 Å². The maximum atomic E-state index is 12.2. The molecule has 0 aromatic heterocycles. The average molecular weight is 343 g/mol. The number of benzene rings is 1. The van der Waals surface area contributed by atoms with Gasteiger partial charge >= 0.3 is 0 Å². The van der Waals surface area contributed by atoms with Crippen LogP contribution in [-0.2, 0) is 9.59 Å². The minimum Gasteiger partial charge on any atom is -0.372 e. The molecule has 136 valence electrons. The highest BCUT2D eigenvalue weighted by atomic mass is 16.2. The highest BCUT2D eigenvalue weighted by Gasteiger charge is 2.20. The van der Waals surface area contributed by atoms with Crippen LogP contribution in [-0.4, -0.2) is 49.4 Å². The van der Waals surface area contributed by atoms with Gasteiger partial charge in [-0.1, -0.05) is 0 Å². The van der Waals surface area contributed by atoms with Gasteiger partial charge in [0.15, 0.2) is 0 Å². The Morgan fingerprint density at radius 3 is 2.12 bits per heavy atom. The number of amides is 2. The molecule has 0 unspecified atom stereocenters. The predicted molar refractivity (Wildman–Crippen MR) is 101 cm³/mol. The van der Waals surface area contributed by atoms with Gasteiger partial charge in [-0.3, -0.25) is 9.59 Å². The van der Waals surface area contributed by atoms with Crippen molar-refractivity contribution in [2.24, 2.45) is 0 Å². The Balaban J connectivity index is 1.61. The summed E-state index contributed by atoms with van der Waals surface area (Å²) in [7, 11) is 0. The first kappa shape index (κ1) is 17.8. The summed E-state index contributed by atoms with van der Waals surface area (Å²) in [4.78, 5) is 30.3. The number of nitrogens with zero attached hydrogens (tertiary/aromatic N) is 3. The molecule has 0 atom stereocenters. The lowest BCUT2D eigenvalue weighted by Crippen LogP contribution is -2.35. The van der Waals surface area contributed by atoms with Gasteiger partial charge in [-0.25, -0.2) is 0 Å². The van der Waals surface area contributed by atoms with E-state index in [4.69, 9.17) is 0 Å². The van der Waals surface area contributed by atoms with Crippen molar-refractivity contribution in [2.45, 2.75) is 45.4 Å². The molecule has 0 aliphatic carbocycles. The van der Waals surface area contributed by atoms with Crippen LogP contribution in [0.5, 0.6) is 0 Å². The molecule has 0 saturated carbocycles. The van der Waals surface area contributed by atoms with Crippen molar-refractivity contribution in [3.8, 4) is 0 Å². The van der Waals surface area contributed by atoms with Gasteiger partial charge in [0.05, 0.1) is 0 Å². The van der Waals surface area contributed by atoms with E-state index in [1.807, 2.05) is 17.0 Å². The Hall–Kier alpha value is -2.04. The standard InChI is InChI=1S/C20H29N3O2/c1-17(24)23(16-11-20(25)22-14-5-6-15-22)19-9-7-18(8-10-19)21-12-3-2-4-13-21/h7-10H,2-6,11-16H2,1H3. The molecule has 2 aliphatic rings. The second-order valence-corrected chi connectivity index (χ2v) is 7.07. The van der Waals surface area contributed by atoms with Crippen LogP contribution in [0.25, 0.3) is 0 Å². The van der Waals surface area contributed by atoms with Crippen molar-refractivity contribution >= 4 is 23.2 Å². The van der Waals surface area contributed by atoms with E-state index >= 15 is 0 Å². The molecule has 5 nitrogen and oxygen atoms in total. The van der Waals surface area contributed by atoms with Crippen LogP contribution in [0.15, 0.2) is 24.3 Å². The van der Waals surface area contributed by atoms with Gasteiger partial charge < -0.3 is 14.7 Å². The Morgan fingerprint density at radius 1 is 0.920 bits per heavy atom.